The number of nitrogens with zero attached hydrogens (tertiary/aromatic N) is 4. The summed E-state index contributed by atoms with van der Waals surface area (Å²) in [5.41, 5.74) is 9.63. The van der Waals surface area contributed by atoms with Crippen LogP contribution in [0.2, 0.25) is 10.0 Å². The van der Waals surface area contributed by atoms with E-state index in [1.807, 2.05) is 6.07 Å². The van der Waals surface area contributed by atoms with Crippen LogP contribution in [0.1, 0.15) is 11.1 Å². The van der Waals surface area contributed by atoms with Crippen molar-refractivity contribution in [2.75, 3.05) is 17.6 Å². The van der Waals surface area contributed by atoms with Crippen LogP contribution in [-0.2, 0) is 13.0 Å². The Kier molecular flexibility index (Phi) is 4.97. The normalized spacial score (nSPS) is 13.2. The molecular formula is C21H18Cl2N7O+. The maximum atomic E-state index is 12.8. The Morgan fingerprint density at radius 2 is 1.90 bits per heavy atom. The average Bonchev–Trinajstić information content (AvgIpc) is 2.75. The summed E-state index contributed by atoms with van der Waals surface area (Å²) >= 11 is 12.5. The molecule has 0 spiro atoms. The second-order valence-corrected chi connectivity index (χ2v) is 8.07. The fourth-order valence-corrected chi connectivity index (χ4v) is 4.33. The van der Waals surface area contributed by atoms with Crippen LogP contribution in [0.4, 0.5) is 17.5 Å². The fraction of sp³-hybridized carbons (Fsp3) is 0.143. The molecule has 5 rings (SSSR count). The summed E-state index contributed by atoms with van der Waals surface area (Å²) in [6.07, 6.45) is 2.55. The number of rotatable bonds is 3. The Hall–Kier alpha value is -3.20. The molecule has 0 saturated heterocycles. The van der Waals surface area contributed by atoms with Gasteiger partial charge in [0.25, 0.3) is 0 Å². The maximum Gasteiger partial charge on any atom is 0.355 e. The molecule has 0 bridgehead atoms. The lowest BCUT2D eigenvalue weighted by Crippen LogP contribution is -2.84. The van der Waals surface area contributed by atoms with Gasteiger partial charge < -0.3 is 16.4 Å². The van der Waals surface area contributed by atoms with Crippen molar-refractivity contribution in [3.05, 3.63) is 74.3 Å². The van der Waals surface area contributed by atoms with Crippen LogP contribution in [0, 0.1) is 0 Å². The number of fused-ring (bicyclic) bond motifs is 2. The van der Waals surface area contributed by atoms with Gasteiger partial charge in [0, 0.05) is 23.9 Å². The van der Waals surface area contributed by atoms with E-state index in [2.05, 4.69) is 37.7 Å². The number of halogens is 2. The van der Waals surface area contributed by atoms with E-state index in [0.717, 1.165) is 25.2 Å². The number of nitrogens with two attached hydrogens (primary N) is 2. The highest BCUT2D eigenvalue weighted by Crippen LogP contribution is 2.30. The molecule has 8 nitrogen and oxygen atoms in total. The Balaban J connectivity index is 1.55. The number of hydrogen-bond acceptors (Lipinski definition) is 6. The van der Waals surface area contributed by atoms with E-state index in [1.54, 1.807) is 18.2 Å². The second-order valence-electron chi connectivity index (χ2n) is 7.26. The first-order valence-electron chi connectivity index (χ1n) is 9.71. The molecule has 1 aliphatic rings. The minimum Gasteiger partial charge on any atom is -0.384 e. The molecule has 3 heterocycles. The number of aromatic nitrogens is 4. The molecule has 0 amide bonds. The van der Waals surface area contributed by atoms with Gasteiger partial charge in [-0.15, -0.1) is 0 Å². The summed E-state index contributed by atoms with van der Waals surface area (Å²) in [6, 6.07) is 11.1. The van der Waals surface area contributed by atoms with Crippen molar-refractivity contribution in [1.82, 2.24) is 19.5 Å². The molecule has 31 heavy (non-hydrogen) atoms. The van der Waals surface area contributed by atoms with Gasteiger partial charge >= 0.3 is 5.69 Å². The highest BCUT2D eigenvalue weighted by Gasteiger charge is 2.18. The van der Waals surface area contributed by atoms with E-state index in [-0.39, 0.29) is 27.2 Å². The molecule has 1 aliphatic heterocycles. The van der Waals surface area contributed by atoms with Crippen molar-refractivity contribution in [3.63, 3.8) is 0 Å². The summed E-state index contributed by atoms with van der Waals surface area (Å²) in [5.74, 6) is 0.441. The van der Waals surface area contributed by atoms with E-state index in [9.17, 15) is 4.79 Å². The van der Waals surface area contributed by atoms with Crippen LogP contribution in [0.3, 0.4) is 0 Å². The lowest BCUT2D eigenvalue weighted by atomic mass is 10.0. The van der Waals surface area contributed by atoms with Crippen LogP contribution < -0.4 is 22.1 Å². The summed E-state index contributed by atoms with van der Waals surface area (Å²) in [4.78, 5) is 25.6. The molecule has 5 N–H and O–H groups in total. The second kappa shape index (κ2) is 7.81. The molecular weight excluding hydrogens is 437 g/mol. The van der Waals surface area contributed by atoms with Gasteiger partial charge in [0.15, 0.2) is 5.65 Å². The topological polar surface area (TPSA) is 115 Å². The Morgan fingerprint density at radius 1 is 1.10 bits per heavy atom. The molecule has 10 heteroatoms. The predicted molar refractivity (Wildman–Crippen MR) is 121 cm³/mol. The minimum absolute atomic E-state index is 0.113. The molecule has 0 aliphatic carbocycles. The summed E-state index contributed by atoms with van der Waals surface area (Å²) in [6.45, 7) is 2.07. The van der Waals surface area contributed by atoms with Gasteiger partial charge in [0.05, 0.1) is 27.7 Å². The zero-order chi connectivity index (χ0) is 21.5. The summed E-state index contributed by atoms with van der Waals surface area (Å²) in [5, 5.41) is 6.46. The van der Waals surface area contributed by atoms with Crippen LogP contribution in [0.25, 0.3) is 16.7 Å². The van der Waals surface area contributed by atoms with Crippen molar-refractivity contribution in [3.8, 4) is 5.69 Å². The molecule has 0 saturated carbocycles. The average molecular weight is 455 g/mol. The number of anilines is 3. The highest BCUT2D eigenvalue weighted by molar-refractivity contribution is 6.37. The van der Waals surface area contributed by atoms with Gasteiger partial charge in [-0.25, -0.2) is 14.3 Å². The Morgan fingerprint density at radius 3 is 2.71 bits per heavy atom. The zero-order valence-electron chi connectivity index (χ0n) is 16.3. The first-order valence-corrected chi connectivity index (χ1v) is 10.5. The third kappa shape index (κ3) is 3.59. The van der Waals surface area contributed by atoms with Crippen molar-refractivity contribution >= 4 is 51.7 Å². The molecule has 0 radical (unpaired) electrons. The first-order chi connectivity index (χ1) is 15.0. The first kappa shape index (κ1) is 19.7. The molecule has 156 valence electrons. The predicted octanol–water partition coefficient (Wildman–Crippen LogP) is 2.43. The van der Waals surface area contributed by atoms with E-state index in [1.165, 1.54) is 21.9 Å². The van der Waals surface area contributed by atoms with Crippen LogP contribution in [0.5, 0.6) is 0 Å². The van der Waals surface area contributed by atoms with Gasteiger partial charge in [-0.3, -0.25) is 0 Å². The summed E-state index contributed by atoms with van der Waals surface area (Å²) < 4.78 is 1.17. The van der Waals surface area contributed by atoms with Crippen molar-refractivity contribution < 1.29 is 5.32 Å². The van der Waals surface area contributed by atoms with Crippen molar-refractivity contribution in [2.45, 2.75) is 13.0 Å². The molecule has 0 unspecified atom stereocenters. The molecule has 4 aromatic rings. The maximum absolute atomic E-state index is 12.8. The standard InChI is InChI=1S/C21H17Cl2N7O/c22-15-2-1-3-16(23)17(15)30-18(24)14-10-26-20(28-19(14)29-21(30)31)27-13-5-4-12-9-25-7-6-11(12)8-13/h1-5,8,10,25H,6-7,9,24H2,(H,27,28,29,31)/p+1. The third-order valence-electron chi connectivity index (χ3n) is 5.28. The largest absolute Gasteiger partial charge is 0.384 e. The molecule has 2 aromatic carbocycles. The Labute approximate surface area is 187 Å². The number of quaternary nitrogens is 1. The minimum atomic E-state index is -0.630. The Bertz CT molecular complexity index is 1370. The van der Waals surface area contributed by atoms with Gasteiger partial charge in [-0.05, 0) is 29.8 Å². The van der Waals surface area contributed by atoms with Gasteiger partial charge in [-0.1, -0.05) is 35.3 Å². The highest BCUT2D eigenvalue weighted by atomic mass is 35.5. The fourth-order valence-electron chi connectivity index (χ4n) is 3.76. The monoisotopic (exact) mass is 454 g/mol. The van der Waals surface area contributed by atoms with E-state index < -0.39 is 5.69 Å². The lowest BCUT2D eigenvalue weighted by Gasteiger charge is -2.16. The van der Waals surface area contributed by atoms with E-state index >= 15 is 0 Å². The number of nitrogens with one attached hydrogen (secondary N) is 1. The smallest absolute Gasteiger partial charge is 0.355 e. The van der Waals surface area contributed by atoms with Crippen LogP contribution in [-0.4, -0.2) is 26.1 Å². The van der Waals surface area contributed by atoms with E-state index in [0.29, 0.717) is 11.3 Å². The number of benzene rings is 2. The molecule has 0 fully saturated rings. The van der Waals surface area contributed by atoms with Gasteiger partial charge in [0.2, 0.25) is 5.95 Å². The van der Waals surface area contributed by atoms with Crippen LogP contribution >= 0.6 is 23.2 Å². The SMILES string of the molecule is Nc1c2cnc(Nc3ccc4c(c3)CC[NH2+]C4)nc2nc(=O)n1-c1c(Cl)cccc1Cl. The van der Waals surface area contributed by atoms with E-state index in [4.69, 9.17) is 28.9 Å². The van der Waals surface area contributed by atoms with Gasteiger partial charge in [0.1, 0.15) is 12.4 Å². The van der Waals surface area contributed by atoms with Crippen molar-refractivity contribution in [1.29, 1.82) is 0 Å². The van der Waals surface area contributed by atoms with Crippen LogP contribution in [0.15, 0.2) is 47.4 Å². The number of para-hydroxylation sites is 1. The van der Waals surface area contributed by atoms with Crippen molar-refractivity contribution in [2.24, 2.45) is 0 Å². The number of nitrogen functional groups attached to an aromatic ring is 1. The molecule has 2 aromatic heterocycles. The molecule has 0 atom stereocenters. The third-order valence-corrected chi connectivity index (χ3v) is 5.89. The quantitative estimate of drug-likeness (QED) is 0.437. The van der Waals surface area contributed by atoms with Gasteiger partial charge in [-0.2, -0.15) is 9.97 Å². The lowest BCUT2D eigenvalue weighted by molar-refractivity contribution is -0.673. The zero-order valence-corrected chi connectivity index (χ0v) is 17.8. The summed E-state index contributed by atoms with van der Waals surface area (Å²) in [7, 11) is 0. The number of hydrogen-bond donors (Lipinski definition) is 3.